The first kappa shape index (κ1) is 39.9. The zero-order chi connectivity index (χ0) is 38.9. The lowest BCUT2D eigenvalue weighted by atomic mass is 10.0. The van der Waals surface area contributed by atoms with Gasteiger partial charge in [0.25, 0.3) is 5.91 Å². The molecule has 16 heteroatoms. The summed E-state index contributed by atoms with van der Waals surface area (Å²) in [7, 11) is -3.93. The number of amides is 4. The van der Waals surface area contributed by atoms with Crippen molar-refractivity contribution in [2.75, 3.05) is 6.54 Å². The topological polar surface area (TPSA) is 190 Å². The van der Waals surface area contributed by atoms with E-state index in [1.165, 1.54) is 11.0 Å². The Hall–Kier alpha value is -4.31. The predicted molar refractivity (Wildman–Crippen MR) is 200 cm³/mol. The van der Waals surface area contributed by atoms with Crippen LogP contribution in [0.15, 0.2) is 59.2 Å². The van der Waals surface area contributed by atoms with Crippen molar-refractivity contribution in [1.82, 2.24) is 25.2 Å². The molecule has 5 atom stereocenters. The maximum atomic E-state index is 14.5. The molecular formula is C37H46BrN5O9S. The molecule has 53 heavy (non-hydrogen) atoms. The first-order valence-electron chi connectivity index (χ1n) is 17.5. The van der Waals surface area contributed by atoms with E-state index in [0.29, 0.717) is 23.8 Å². The number of hydrogen-bond donors (Lipinski definition) is 3. The summed E-state index contributed by atoms with van der Waals surface area (Å²) >= 11 is 3.48. The number of carbonyl (C=O) groups excluding carboxylic acids is 5. The molecule has 0 bridgehead atoms. The average Bonchev–Trinajstić information content (AvgIpc) is 4.02. The summed E-state index contributed by atoms with van der Waals surface area (Å²) in [5.41, 5.74) is -2.00. The normalized spacial score (nSPS) is 23.5. The second-order valence-electron chi connectivity index (χ2n) is 14.8. The number of ether oxygens (including phenoxy) is 2. The fraction of sp³-hybridized carbons (Fsp3) is 0.514. The predicted octanol–water partition coefficient (Wildman–Crippen LogP) is 4.22. The van der Waals surface area contributed by atoms with E-state index in [1.807, 2.05) is 24.3 Å². The highest BCUT2D eigenvalue weighted by Crippen LogP contribution is 2.45. The number of sulfonamides is 1. The third kappa shape index (κ3) is 9.44. The van der Waals surface area contributed by atoms with E-state index < -0.39 is 74.3 Å². The van der Waals surface area contributed by atoms with Crippen molar-refractivity contribution in [3.63, 3.8) is 0 Å². The number of benzene rings is 1. The summed E-state index contributed by atoms with van der Waals surface area (Å²) < 4.78 is 40.1. The number of aromatic nitrogens is 1. The molecule has 5 rings (SSSR count). The van der Waals surface area contributed by atoms with Crippen molar-refractivity contribution in [2.24, 2.45) is 5.92 Å². The van der Waals surface area contributed by atoms with Crippen LogP contribution < -0.4 is 20.1 Å². The van der Waals surface area contributed by atoms with Gasteiger partial charge in [-0.25, -0.2) is 18.2 Å². The third-order valence-corrected chi connectivity index (χ3v) is 11.9. The number of hydrogen-bond acceptors (Lipinski definition) is 10. The Kier molecular flexibility index (Phi) is 11.7. The summed E-state index contributed by atoms with van der Waals surface area (Å²) in [6, 6.07) is 4.92. The highest BCUT2D eigenvalue weighted by atomic mass is 79.9. The summed E-state index contributed by atoms with van der Waals surface area (Å²) in [4.78, 5) is 73.7. The van der Waals surface area contributed by atoms with E-state index in [1.54, 1.807) is 46.9 Å². The van der Waals surface area contributed by atoms with E-state index >= 15 is 0 Å². The van der Waals surface area contributed by atoms with Crippen molar-refractivity contribution in [2.45, 2.75) is 108 Å². The number of nitrogens with zero attached hydrogens (tertiary/aromatic N) is 2. The van der Waals surface area contributed by atoms with Crippen LogP contribution in [0.2, 0.25) is 0 Å². The molecule has 3 aliphatic rings. The molecule has 0 spiro atoms. The number of fused-ring (bicyclic) bond motifs is 1. The van der Waals surface area contributed by atoms with Gasteiger partial charge in [0, 0.05) is 34.8 Å². The maximum Gasteiger partial charge on any atom is 0.408 e. The first-order valence-corrected chi connectivity index (χ1v) is 19.9. The van der Waals surface area contributed by atoms with Crippen LogP contribution in [0.5, 0.6) is 5.88 Å². The molecule has 286 valence electrons. The van der Waals surface area contributed by atoms with Gasteiger partial charge >= 0.3 is 6.09 Å². The minimum atomic E-state index is -3.93. The molecule has 4 amide bonds. The second kappa shape index (κ2) is 15.6. The molecule has 2 aliphatic carbocycles. The number of nitrogens with one attached hydrogen (secondary N) is 3. The van der Waals surface area contributed by atoms with E-state index in [4.69, 9.17) is 9.47 Å². The van der Waals surface area contributed by atoms with Crippen LogP contribution in [-0.2, 0) is 33.9 Å². The smallest absolute Gasteiger partial charge is 0.408 e. The van der Waals surface area contributed by atoms with Crippen LogP contribution in [-0.4, -0.2) is 89.0 Å². The van der Waals surface area contributed by atoms with E-state index in [2.05, 4.69) is 42.8 Å². The van der Waals surface area contributed by atoms with Gasteiger partial charge in [0.2, 0.25) is 27.7 Å². The van der Waals surface area contributed by atoms with Crippen LogP contribution in [0.3, 0.4) is 0 Å². The summed E-state index contributed by atoms with van der Waals surface area (Å²) in [5, 5.41) is 6.22. The average molecular weight is 817 g/mol. The fourth-order valence-electron chi connectivity index (χ4n) is 6.30. The van der Waals surface area contributed by atoms with Gasteiger partial charge in [-0.15, -0.1) is 6.58 Å². The van der Waals surface area contributed by atoms with Crippen LogP contribution in [0.4, 0.5) is 4.79 Å². The number of halogens is 1. The molecule has 1 unspecified atom stereocenters. The Morgan fingerprint density at radius 1 is 1.17 bits per heavy atom. The molecule has 1 aliphatic heterocycles. The third-order valence-electron chi connectivity index (χ3n) is 9.59. The molecule has 1 aromatic heterocycles. The highest BCUT2D eigenvalue weighted by molar-refractivity contribution is 9.10. The van der Waals surface area contributed by atoms with Crippen molar-refractivity contribution in [3.05, 3.63) is 59.2 Å². The minimum Gasteiger partial charge on any atom is -0.472 e. The number of likely N-dealkylation sites (tertiary alicyclic amines) is 1. The van der Waals surface area contributed by atoms with Crippen LogP contribution in [0, 0.1) is 5.92 Å². The molecule has 14 nitrogen and oxygen atoms in total. The molecular weight excluding hydrogens is 770 g/mol. The summed E-state index contributed by atoms with van der Waals surface area (Å²) in [6.45, 7) is 12.0. The zero-order valence-electron chi connectivity index (χ0n) is 30.4. The van der Waals surface area contributed by atoms with Gasteiger partial charge in [0.15, 0.2) is 5.78 Å². The minimum absolute atomic E-state index is 0.0315. The van der Waals surface area contributed by atoms with E-state index in [-0.39, 0.29) is 43.9 Å². The Balaban J connectivity index is 1.45. The number of Topliss-reactive ketones (excluding diaryl/α,β-unsaturated/α-hetero) is 1. The summed E-state index contributed by atoms with van der Waals surface area (Å²) in [5.74, 6) is -2.78. The van der Waals surface area contributed by atoms with Crippen molar-refractivity contribution >= 4 is 66.3 Å². The quantitative estimate of drug-likeness (QED) is 0.184. The first-order chi connectivity index (χ1) is 24.9. The van der Waals surface area contributed by atoms with Gasteiger partial charge in [-0.2, -0.15) is 0 Å². The van der Waals surface area contributed by atoms with Gasteiger partial charge in [-0.3, -0.25) is 23.9 Å². The monoisotopic (exact) mass is 815 g/mol. The number of allylic oxidation sites excluding steroid dienone is 2. The number of rotatable bonds is 14. The Morgan fingerprint density at radius 2 is 1.89 bits per heavy atom. The molecule has 1 saturated heterocycles. The van der Waals surface area contributed by atoms with Crippen LogP contribution in [0.1, 0.15) is 73.1 Å². The number of ketones is 1. The van der Waals surface area contributed by atoms with E-state index in [0.717, 1.165) is 9.86 Å². The Morgan fingerprint density at radius 3 is 2.51 bits per heavy atom. The number of pyridine rings is 1. The molecule has 1 aromatic carbocycles. The van der Waals surface area contributed by atoms with Crippen LogP contribution >= 0.6 is 15.9 Å². The van der Waals surface area contributed by atoms with Crippen molar-refractivity contribution in [3.8, 4) is 5.88 Å². The lowest BCUT2D eigenvalue weighted by Crippen LogP contribution is -2.58. The Bertz CT molecular complexity index is 1960. The fourth-order valence-corrected chi connectivity index (χ4v) is 8.03. The zero-order valence-corrected chi connectivity index (χ0v) is 32.8. The van der Waals surface area contributed by atoms with E-state index in [9.17, 15) is 32.4 Å². The van der Waals surface area contributed by atoms with Gasteiger partial charge in [-0.1, -0.05) is 34.1 Å². The van der Waals surface area contributed by atoms with Gasteiger partial charge < -0.3 is 25.0 Å². The Labute approximate surface area is 317 Å². The standard InChI is InChI=1S/C37H46BrN5O9S/c1-7-21(3)30(44)14-13-28(40-35(48)52-36(4,5)6)33(46)43-20-25(51-32-27-17-24(38)10-9-22(27)15-16-39-32)18-29(43)31(45)41-37(19-23(37)8-2)34(47)42-53(49,50)26-11-12-26/h7-10,15-17,23,25-26,28-29H,2,11-14,18-20H2,1,3-6H3,(H,40,48)(H,41,45)(H,42,47)/t23?,25-,28+,29+,37-/m1/s1. The maximum absolute atomic E-state index is 14.5. The van der Waals surface area contributed by atoms with Gasteiger partial charge in [0.05, 0.1) is 11.8 Å². The molecule has 2 saturated carbocycles. The molecule has 0 radical (unpaired) electrons. The lowest BCUT2D eigenvalue weighted by molar-refractivity contribution is -0.141. The molecule has 3 N–H and O–H groups in total. The summed E-state index contributed by atoms with van der Waals surface area (Å²) in [6.07, 6.45) is 3.83. The molecule has 2 heterocycles. The van der Waals surface area contributed by atoms with Crippen LogP contribution in [0.25, 0.3) is 10.8 Å². The highest BCUT2D eigenvalue weighted by Gasteiger charge is 2.62. The molecule has 3 fully saturated rings. The SMILES string of the molecule is C=CC1C[C@]1(NC(=O)[C@@H]1C[C@@H](Oc2nccc3ccc(Br)cc23)CN1C(=O)[C@H](CCC(=O)C(C)=CC)NC(=O)OC(C)(C)C)C(=O)NS(=O)(=O)C1CC1. The number of alkyl carbamates (subject to hydrolysis) is 1. The molecule has 2 aromatic rings. The van der Waals surface area contributed by atoms with Gasteiger partial charge in [-0.05, 0) is 89.5 Å². The van der Waals surface area contributed by atoms with Crippen molar-refractivity contribution in [1.29, 1.82) is 0 Å². The number of carbonyl (C=O) groups is 5. The van der Waals surface area contributed by atoms with Crippen molar-refractivity contribution < 1.29 is 41.9 Å². The largest absolute Gasteiger partial charge is 0.472 e. The second-order valence-corrected chi connectivity index (χ2v) is 17.7. The lowest BCUT2D eigenvalue weighted by Gasteiger charge is -2.30. The van der Waals surface area contributed by atoms with Gasteiger partial charge in [0.1, 0.15) is 29.3 Å².